The van der Waals surface area contributed by atoms with Gasteiger partial charge >= 0.3 is 0 Å². The second kappa shape index (κ2) is 5.34. The average molecular weight is 294 g/mol. The van der Waals surface area contributed by atoms with Crippen molar-refractivity contribution in [1.29, 1.82) is 0 Å². The lowest BCUT2D eigenvalue weighted by Gasteiger charge is -2.16. The lowest BCUT2D eigenvalue weighted by Crippen LogP contribution is -2.00. The summed E-state index contributed by atoms with van der Waals surface area (Å²) in [4.78, 5) is 12.1. The number of aryl methyl sites for hydroxylation is 1. The highest BCUT2D eigenvalue weighted by molar-refractivity contribution is 6.19. The van der Waals surface area contributed by atoms with Crippen molar-refractivity contribution in [1.82, 2.24) is 0 Å². The van der Waals surface area contributed by atoms with Crippen LogP contribution in [0.15, 0.2) is 36.4 Å². The van der Waals surface area contributed by atoms with Gasteiger partial charge in [0.15, 0.2) is 17.3 Å². The fraction of sp³-hybridized carbons (Fsp3) is 0.211. The highest BCUT2D eigenvalue weighted by Crippen LogP contribution is 2.39. The van der Waals surface area contributed by atoms with Gasteiger partial charge < -0.3 is 9.47 Å². The number of methoxy groups -OCH3 is 2. The molecule has 0 bridgehead atoms. The monoisotopic (exact) mass is 294 g/mol. The average Bonchev–Trinajstić information content (AvgIpc) is 2.53. The number of carbonyl (C=O) groups excluding carboxylic acids is 1. The fourth-order valence-electron chi connectivity index (χ4n) is 3.14. The van der Waals surface area contributed by atoms with E-state index in [2.05, 4.69) is 0 Å². The van der Waals surface area contributed by atoms with Crippen LogP contribution < -0.4 is 9.47 Å². The molecule has 0 fully saturated rings. The van der Waals surface area contributed by atoms with Gasteiger partial charge in [0, 0.05) is 5.56 Å². The van der Waals surface area contributed by atoms with Crippen LogP contribution in [0.4, 0.5) is 0 Å². The van der Waals surface area contributed by atoms with Crippen molar-refractivity contribution in [3.63, 3.8) is 0 Å². The van der Waals surface area contributed by atoms with Crippen LogP contribution in [-0.4, -0.2) is 20.0 Å². The highest BCUT2D eigenvalue weighted by atomic mass is 16.5. The number of ketones is 1. The molecule has 0 saturated carbocycles. The molecule has 0 radical (unpaired) electrons. The summed E-state index contributed by atoms with van der Waals surface area (Å²) in [5.41, 5.74) is 1.75. The van der Waals surface area contributed by atoms with Crippen LogP contribution in [-0.2, 0) is 0 Å². The van der Waals surface area contributed by atoms with Crippen LogP contribution in [0.1, 0.15) is 22.8 Å². The van der Waals surface area contributed by atoms with Gasteiger partial charge in [-0.25, -0.2) is 0 Å². The number of hydrogen-bond acceptors (Lipinski definition) is 3. The van der Waals surface area contributed by atoms with Crippen molar-refractivity contribution in [3.05, 3.63) is 47.5 Å². The van der Waals surface area contributed by atoms with Gasteiger partial charge in [-0.15, -0.1) is 0 Å². The van der Waals surface area contributed by atoms with Crippen molar-refractivity contribution in [3.8, 4) is 11.5 Å². The molecule has 0 aliphatic heterocycles. The van der Waals surface area contributed by atoms with Crippen LogP contribution in [0.25, 0.3) is 21.5 Å². The number of carbonyl (C=O) groups is 1. The number of fused-ring (bicyclic) bond motifs is 3. The van der Waals surface area contributed by atoms with Gasteiger partial charge in [0.25, 0.3) is 0 Å². The zero-order chi connectivity index (χ0) is 15.9. The second-order valence-corrected chi connectivity index (χ2v) is 5.35. The summed E-state index contributed by atoms with van der Waals surface area (Å²) in [5, 5.41) is 4.11. The smallest absolute Gasteiger partial charge is 0.161 e. The largest absolute Gasteiger partial charge is 0.493 e. The lowest BCUT2D eigenvalue weighted by molar-refractivity contribution is 0.101. The van der Waals surface area contributed by atoms with E-state index in [0.717, 1.165) is 32.7 Å². The zero-order valence-electron chi connectivity index (χ0n) is 13.2. The predicted octanol–water partition coefficient (Wildman–Crippen LogP) is 4.52. The molecule has 0 unspecified atom stereocenters. The summed E-state index contributed by atoms with van der Waals surface area (Å²) >= 11 is 0. The summed E-state index contributed by atoms with van der Waals surface area (Å²) in [5.74, 6) is 1.43. The van der Waals surface area contributed by atoms with Gasteiger partial charge in [-0.2, -0.15) is 0 Å². The molecular weight excluding hydrogens is 276 g/mol. The minimum absolute atomic E-state index is 0.0744. The summed E-state index contributed by atoms with van der Waals surface area (Å²) in [7, 11) is 3.24. The summed E-state index contributed by atoms with van der Waals surface area (Å²) < 4.78 is 10.8. The maximum atomic E-state index is 12.1. The van der Waals surface area contributed by atoms with Crippen molar-refractivity contribution in [2.24, 2.45) is 0 Å². The first-order valence-electron chi connectivity index (χ1n) is 7.16. The van der Waals surface area contributed by atoms with Gasteiger partial charge in [0.2, 0.25) is 0 Å². The van der Waals surface area contributed by atoms with Crippen LogP contribution >= 0.6 is 0 Å². The quantitative estimate of drug-likeness (QED) is 0.526. The Morgan fingerprint density at radius 2 is 1.41 bits per heavy atom. The minimum Gasteiger partial charge on any atom is -0.493 e. The van der Waals surface area contributed by atoms with E-state index in [4.69, 9.17) is 9.47 Å². The van der Waals surface area contributed by atoms with Crippen molar-refractivity contribution in [2.75, 3.05) is 14.2 Å². The third-order valence-corrected chi connectivity index (χ3v) is 4.14. The summed E-state index contributed by atoms with van der Waals surface area (Å²) in [6.07, 6.45) is 0. The van der Waals surface area contributed by atoms with E-state index in [1.165, 1.54) is 0 Å². The van der Waals surface area contributed by atoms with E-state index in [9.17, 15) is 4.79 Å². The Kier molecular flexibility index (Phi) is 3.49. The maximum Gasteiger partial charge on any atom is 0.161 e. The molecule has 3 rings (SSSR count). The number of ether oxygens (including phenoxy) is 2. The van der Waals surface area contributed by atoms with Crippen LogP contribution in [0.2, 0.25) is 0 Å². The Hall–Kier alpha value is -2.55. The Labute approximate surface area is 129 Å². The van der Waals surface area contributed by atoms with E-state index in [1.54, 1.807) is 21.1 Å². The van der Waals surface area contributed by atoms with Gasteiger partial charge in [-0.3, -0.25) is 4.79 Å². The molecule has 3 aromatic carbocycles. The van der Waals surface area contributed by atoms with Gasteiger partial charge in [0.05, 0.1) is 14.2 Å². The molecule has 0 heterocycles. The van der Waals surface area contributed by atoms with Crippen LogP contribution in [0, 0.1) is 6.92 Å². The Balaban J connectivity index is 2.58. The van der Waals surface area contributed by atoms with E-state index < -0.39 is 0 Å². The van der Waals surface area contributed by atoms with Crippen molar-refractivity contribution in [2.45, 2.75) is 13.8 Å². The molecule has 3 aromatic rings. The van der Waals surface area contributed by atoms with Gasteiger partial charge in [-0.05, 0) is 53.1 Å². The molecule has 0 saturated heterocycles. The lowest BCUT2D eigenvalue weighted by atomic mass is 9.90. The minimum atomic E-state index is 0.0744. The van der Waals surface area contributed by atoms with Crippen molar-refractivity contribution >= 4 is 27.3 Å². The van der Waals surface area contributed by atoms with E-state index in [1.807, 2.05) is 43.3 Å². The molecule has 0 aliphatic rings. The van der Waals surface area contributed by atoms with E-state index in [0.29, 0.717) is 11.5 Å². The standard InChI is InChI=1S/C19H18O3/c1-11-15-9-17(21-3)18(22-4)10-16(15)13-7-5-6-8-14(13)19(11)12(2)20/h5-10H,1-4H3. The second-order valence-electron chi connectivity index (χ2n) is 5.35. The first-order valence-corrected chi connectivity index (χ1v) is 7.16. The normalized spacial score (nSPS) is 10.9. The third-order valence-electron chi connectivity index (χ3n) is 4.14. The van der Waals surface area contributed by atoms with E-state index in [-0.39, 0.29) is 5.78 Å². The topological polar surface area (TPSA) is 35.5 Å². The molecule has 3 heteroatoms. The Morgan fingerprint density at radius 1 is 0.864 bits per heavy atom. The first kappa shape index (κ1) is 14.4. The maximum absolute atomic E-state index is 12.1. The molecule has 0 amide bonds. The zero-order valence-corrected chi connectivity index (χ0v) is 13.2. The molecule has 0 N–H and O–H groups in total. The third kappa shape index (κ3) is 2.01. The highest BCUT2D eigenvalue weighted by Gasteiger charge is 2.17. The number of rotatable bonds is 3. The van der Waals surface area contributed by atoms with Gasteiger partial charge in [-0.1, -0.05) is 24.3 Å². The summed E-state index contributed by atoms with van der Waals surface area (Å²) in [6.45, 7) is 3.60. The Morgan fingerprint density at radius 3 is 1.95 bits per heavy atom. The number of benzene rings is 3. The van der Waals surface area contributed by atoms with Crippen molar-refractivity contribution < 1.29 is 14.3 Å². The summed E-state index contributed by atoms with van der Waals surface area (Å²) in [6, 6.07) is 11.9. The van der Waals surface area contributed by atoms with Crippen LogP contribution in [0.5, 0.6) is 11.5 Å². The van der Waals surface area contributed by atoms with Gasteiger partial charge in [0.1, 0.15) is 0 Å². The predicted molar refractivity (Wildman–Crippen MR) is 89.3 cm³/mol. The molecule has 0 aliphatic carbocycles. The Bertz CT molecular complexity index is 894. The fourth-order valence-corrected chi connectivity index (χ4v) is 3.14. The molecule has 0 aromatic heterocycles. The molecule has 3 nitrogen and oxygen atoms in total. The SMILES string of the molecule is COc1cc2c(C)c(C(C)=O)c3ccccc3c2cc1OC. The molecule has 0 atom stereocenters. The molecule has 112 valence electrons. The number of hydrogen-bond donors (Lipinski definition) is 0. The number of Topliss-reactive ketones (excluding diaryl/α,β-unsaturated/α-hetero) is 1. The van der Waals surface area contributed by atoms with Crippen LogP contribution in [0.3, 0.4) is 0 Å². The molecule has 0 spiro atoms. The van der Waals surface area contributed by atoms with E-state index >= 15 is 0 Å². The molecular formula is C19H18O3. The molecule has 22 heavy (non-hydrogen) atoms. The first-order chi connectivity index (χ1) is 10.6.